The van der Waals surface area contributed by atoms with E-state index in [0.717, 1.165) is 23.5 Å². The fraction of sp³-hybridized carbons (Fsp3) is 0.333. The van der Waals surface area contributed by atoms with Crippen LogP contribution in [0.4, 0.5) is 0 Å². The molecule has 0 aliphatic carbocycles. The average molecular weight is 269 g/mol. The number of ether oxygens (including phenoxy) is 1. The maximum atomic E-state index is 6.15. The van der Waals surface area contributed by atoms with E-state index in [4.69, 9.17) is 10.5 Å². The molecule has 2 heteroatoms. The summed E-state index contributed by atoms with van der Waals surface area (Å²) in [5, 5.41) is 0. The summed E-state index contributed by atoms with van der Waals surface area (Å²) < 4.78 is 6.04. The Labute approximate surface area is 121 Å². The van der Waals surface area contributed by atoms with Crippen LogP contribution in [-0.4, -0.2) is 0 Å². The predicted molar refractivity (Wildman–Crippen MR) is 84.3 cm³/mol. The lowest BCUT2D eigenvalue weighted by Crippen LogP contribution is -2.09. The van der Waals surface area contributed by atoms with E-state index in [1.54, 1.807) is 0 Å². The Kier molecular flexibility index (Phi) is 4.80. The summed E-state index contributed by atoms with van der Waals surface area (Å²) in [6.45, 7) is 6.45. The maximum absolute atomic E-state index is 6.15. The van der Waals surface area contributed by atoms with Crippen molar-refractivity contribution in [2.45, 2.75) is 39.2 Å². The highest BCUT2D eigenvalue weighted by Crippen LogP contribution is 2.31. The zero-order valence-corrected chi connectivity index (χ0v) is 12.5. The molecule has 2 rings (SSSR count). The van der Waals surface area contributed by atoms with E-state index in [9.17, 15) is 0 Å². The van der Waals surface area contributed by atoms with E-state index >= 15 is 0 Å². The quantitative estimate of drug-likeness (QED) is 0.827. The number of para-hydroxylation sites is 1. The summed E-state index contributed by atoms with van der Waals surface area (Å²) in [4.78, 5) is 0. The van der Waals surface area contributed by atoms with E-state index < -0.39 is 0 Å². The molecule has 20 heavy (non-hydrogen) atoms. The topological polar surface area (TPSA) is 35.2 Å². The van der Waals surface area contributed by atoms with Crippen LogP contribution in [-0.2, 0) is 0 Å². The Balaban J connectivity index is 2.28. The summed E-state index contributed by atoms with van der Waals surface area (Å²) in [6, 6.07) is 16.3. The smallest absolute Gasteiger partial charge is 0.132 e. The molecular formula is C18H23NO. The molecule has 106 valence electrons. The summed E-state index contributed by atoms with van der Waals surface area (Å²) in [5.41, 5.74) is 8.48. The van der Waals surface area contributed by atoms with Gasteiger partial charge in [-0.1, -0.05) is 51.1 Å². The molecule has 0 amide bonds. The number of benzene rings is 2. The fourth-order valence-corrected chi connectivity index (χ4v) is 2.16. The second kappa shape index (κ2) is 6.58. The highest BCUT2D eigenvalue weighted by atomic mass is 16.5. The van der Waals surface area contributed by atoms with Crippen molar-refractivity contribution in [3.63, 3.8) is 0 Å². The van der Waals surface area contributed by atoms with Crippen molar-refractivity contribution < 1.29 is 4.74 Å². The summed E-state index contributed by atoms with van der Waals surface area (Å²) in [6.07, 6.45) is 0.895. The van der Waals surface area contributed by atoms with Gasteiger partial charge in [0.05, 0.1) is 0 Å². The first-order chi connectivity index (χ1) is 9.61. The van der Waals surface area contributed by atoms with Crippen molar-refractivity contribution in [3.05, 3.63) is 59.7 Å². The largest absolute Gasteiger partial charge is 0.457 e. The maximum Gasteiger partial charge on any atom is 0.132 e. The van der Waals surface area contributed by atoms with E-state index in [1.807, 2.05) is 36.4 Å². The zero-order valence-electron chi connectivity index (χ0n) is 12.5. The van der Waals surface area contributed by atoms with E-state index in [2.05, 4.69) is 32.9 Å². The highest BCUT2D eigenvalue weighted by molar-refractivity contribution is 5.40. The van der Waals surface area contributed by atoms with Gasteiger partial charge in [-0.15, -0.1) is 0 Å². The van der Waals surface area contributed by atoms with Crippen molar-refractivity contribution in [2.75, 3.05) is 0 Å². The number of nitrogens with two attached hydrogens (primary N) is 1. The molecule has 0 fully saturated rings. The number of rotatable bonds is 5. The molecule has 0 radical (unpaired) electrons. The zero-order chi connectivity index (χ0) is 14.5. The van der Waals surface area contributed by atoms with Crippen molar-refractivity contribution in [1.29, 1.82) is 0 Å². The lowest BCUT2D eigenvalue weighted by atomic mass is 10.0. The Hall–Kier alpha value is -1.80. The minimum atomic E-state index is 0.0134. The number of hydrogen-bond acceptors (Lipinski definition) is 2. The molecule has 0 heterocycles. The molecule has 0 saturated carbocycles. The van der Waals surface area contributed by atoms with Gasteiger partial charge in [-0.3, -0.25) is 0 Å². The van der Waals surface area contributed by atoms with Crippen LogP contribution < -0.4 is 10.5 Å². The van der Waals surface area contributed by atoms with Gasteiger partial charge in [0.15, 0.2) is 0 Å². The highest BCUT2D eigenvalue weighted by Gasteiger charge is 2.11. The van der Waals surface area contributed by atoms with Gasteiger partial charge in [0, 0.05) is 11.6 Å². The summed E-state index contributed by atoms with van der Waals surface area (Å²) >= 11 is 0. The third-order valence-electron chi connectivity index (χ3n) is 3.51. The van der Waals surface area contributed by atoms with Crippen LogP contribution in [0.1, 0.15) is 50.3 Å². The van der Waals surface area contributed by atoms with E-state index in [0.29, 0.717) is 5.92 Å². The van der Waals surface area contributed by atoms with Gasteiger partial charge < -0.3 is 10.5 Å². The molecule has 0 saturated heterocycles. The van der Waals surface area contributed by atoms with E-state index in [1.165, 1.54) is 5.56 Å². The predicted octanol–water partition coefficient (Wildman–Crippen LogP) is 5.01. The van der Waals surface area contributed by atoms with Crippen molar-refractivity contribution >= 4 is 0 Å². The Morgan fingerprint density at radius 2 is 1.80 bits per heavy atom. The minimum absolute atomic E-state index is 0.0134. The van der Waals surface area contributed by atoms with Gasteiger partial charge in [-0.05, 0) is 36.1 Å². The molecule has 0 spiro atoms. The minimum Gasteiger partial charge on any atom is -0.457 e. The van der Waals surface area contributed by atoms with Gasteiger partial charge in [-0.2, -0.15) is 0 Å². The monoisotopic (exact) mass is 269 g/mol. The van der Waals surface area contributed by atoms with Crippen LogP contribution in [0.2, 0.25) is 0 Å². The first-order valence-corrected chi connectivity index (χ1v) is 7.24. The SMILES string of the molecule is CCC(N)c1ccccc1Oc1cccc(C(C)C)c1. The Morgan fingerprint density at radius 3 is 2.50 bits per heavy atom. The van der Waals surface area contributed by atoms with Gasteiger partial charge in [0.2, 0.25) is 0 Å². The van der Waals surface area contributed by atoms with Crippen LogP contribution in [0.5, 0.6) is 11.5 Å². The first kappa shape index (κ1) is 14.6. The van der Waals surface area contributed by atoms with E-state index in [-0.39, 0.29) is 6.04 Å². The third-order valence-corrected chi connectivity index (χ3v) is 3.51. The Bertz CT molecular complexity index is 563. The standard InChI is InChI=1S/C18H23NO/c1-4-17(19)16-10-5-6-11-18(16)20-15-9-7-8-14(12-15)13(2)3/h5-13,17H,4,19H2,1-3H3. The first-order valence-electron chi connectivity index (χ1n) is 7.24. The molecule has 0 aliphatic rings. The van der Waals surface area contributed by atoms with Gasteiger partial charge >= 0.3 is 0 Å². The fourth-order valence-electron chi connectivity index (χ4n) is 2.16. The molecule has 1 unspecified atom stereocenters. The Morgan fingerprint density at radius 1 is 1.05 bits per heavy atom. The van der Waals surface area contributed by atoms with Gasteiger partial charge in [-0.25, -0.2) is 0 Å². The van der Waals surface area contributed by atoms with Crippen molar-refractivity contribution in [1.82, 2.24) is 0 Å². The third kappa shape index (κ3) is 3.40. The molecule has 2 N–H and O–H groups in total. The normalized spacial score (nSPS) is 12.4. The van der Waals surface area contributed by atoms with Crippen molar-refractivity contribution in [3.8, 4) is 11.5 Å². The molecule has 2 aromatic carbocycles. The molecule has 2 aromatic rings. The second-order valence-electron chi connectivity index (χ2n) is 5.38. The second-order valence-corrected chi connectivity index (χ2v) is 5.38. The van der Waals surface area contributed by atoms with Crippen LogP contribution in [0.15, 0.2) is 48.5 Å². The van der Waals surface area contributed by atoms with Crippen molar-refractivity contribution in [2.24, 2.45) is 5.73 Å². The van der Waals surface area contributed by atoms with Crippen LogP contribution >= 0.6 is 0 Å². The summed E-state index contributed by atoms with van der Waals surface area (Å²) in [7, 11) is 0. The van der Waals surface area contributed by atoms with Crippen LogP contribution in [0.25, 0.3) is 0 Å². The lowest BCUT2D eigenvalue weighted by Gasteiger charge is -2.16. The lowest BCUT2D eigenvalue weighted by molar-refractivity contribution is 0.467. The molecule has 0 aromatic heterocycles. The number of hydrogen-bond donors (Lipinski definition) is 1. The van der Waals surface area contributed by atoms with Gasteiger partial charge in [0.1, 0.15) is 11.5 Å². The van der Waals surface area contributed by atoms with Gasteiger partial charge in [0.25, 0.3) is 0 Å². The molecule has 2 nitrogen and oxygen atoms in total. The van der Waals surface area contributed by atoms with Crippen LogP contribution in [0, 0.1) is 0 Å². The van der Waals surface area contributed by atoms with Crippen LogP contribution in [0.3, 0.4) is 0 Å². The average Bonchev–Trinajstić information content (AvgIpc) is 2.47. The molecule has 0 bridgehead atoms. The molecule has 0 aliphatic heterocycles. The molecular weight excluding hydrogens is 246 g/mol. The molecule has 1 atom stereocenters. The summed E-state index contributed by atoms with van der Waals surface area (Å²) in [5.74, 6) is 2.21.